The van der Waals surface area contributed by atoms with Gasteiger partial charge in [-0.1, -0.05) is 212 Å². The maximum Gasteiger partial charge on any atom is 0.179 e. The van der Waals surface area contributed by atoms with Crippen LogP contribution in [0.5, 0.6) is 0 Å². The fourth-order valence-electron chi connectivity index (χ4n) is 12.6. The fraction of sp³-hybridized carbons (Fsp3) is 0. The second-order valence-electron chi connectivity index (χ2n) is 20.7. The largest absolute Gasteiger partial charge is 0.309 e. The van der Waals surface area contributed by atoms with Gasteiger partial charge in [-0.05, 0) is 145 Å². The summed E-state index contributed by atoms with van der Waals surface area (Å²) in [5.74, 6) is 0.890. The first-order valence-corrected chi connectivity index (χ1v) is 29.4. The summed E-state index contributed by atoms with van der Waals surface area (Å²) >= 11 is 0. The normalized spacial score (nSPS) is 11.8. The molecule has 15 aromatic rings. The minimum Gasteiger partial charge on any atom is -0.309 e. The van der Waals surface area contributed by atoms with Crippen LogP contribution in [0.3, 0.4) is 0 Å². The molecule has 0 spiro atoms. The van der Waals surface area contributed by atoms with E-state index in [0.29, 0.717) is 0 Å². The maximum absolute atomic E-state index is 5.04. The molecular weight excluding hydrogens is 985 g/mol. The standard InChI is InChI=1S/C75H52N4Si/c1-6-26-60(27-7-1)78-71-38-17-16-37-67(71)70-52-62(41-44-74(70)78)77-46-45-76-75(77)59-40-43-73-69(51-59)68-50-58(39-42-72(68)79(73)61-28-8-2-9-29-61)56-24-19-22-54(48-56)53-21-18-23-55(47-53)57-25-20-36-66(49-57)80(63-30-10-3-11-31-63,64-32-12-4-13-33-64)65-34-14-5-15-35-65/h1-52H. The van der Waals surface area contributed by atoms with Crippen molar-refractivity contribution in [1.82, 2.24) is 18.7 Å². The second kappa shape index (κ2) is 19.6. The predicted octanol–water partition coefficient (Wildman–Crippen LogP) is 16.1. The monoisotopic (exact) mass is 1040 g/mol. The molecule has 12 aromatic carbocycles. The van der Waals surface area contributed by atoms with Crippen LogP contribution in [0.2, 0.25) is 0 Å². The van der Waals surface area contributed by atoms with E-state index in [2.05, 4.69) is 323 Å². The van der Waals surface area contributed by atoms with Crippen LogP contribution in [-0.4, -0.2) is 26.8 Å². The summed E-state index contributed by atoms with van der Waals surface area (Å²) in [4.78, 5) is 5.04. The highest BCUT2D eigenvalue weighted by Gasteiger charge is 2.41. The Hall–Kier alpha value is -10.3. The van der Waals surface area contributed by atoms with Gasteiger partial charge in [0.15, 0.2) is 8.07 Å². The van der Waals surface area contributed by atoms with Crippen molar-refractivity contribution in [1.29, 1.82) is 0 Å². The smallest absolute Gasteiger partial charge is 0.179 e. The Morgan fingerprint density at radius 3 is 1.18 bits per heavy atom. The van der Waals surface area contributed by atoms with Crippen molar-refractivity contribution < 1.29 is 0 Å². The van der Waals surface area contributed by atoms with Crippen molar-refractivity contribution in [2.24, 2.45) is 0 Å². The number of aromatic nitrogens is 4. The number of hydrogen-bond donors (Lipinski definition) is 0. The third-order valence-electron chi connectivity index (χ3n) is 16.3. The van der Waals surface area contributed by atoms with Gasteiger partial charge in [0.25, 0.3) is 0 Å². The molecule has 0 bridgehead atoms. The zero-order valence-corrected chi connectivity index (χ0v) is 44.8. The van der Waals surface area contributed by atoms with Crippen LogP contribution in [0.1, 0.15) is 0 Å². The predicted molar refractivity (Wildman–Crippen MR) is 338 cm³/mol. The molecule has 4 nitrogen and oxygen atoms in total. The van der Waals surface area contributed by atoms with Crippen LogP contribution < -0.4 is 20.7 Å². The van der Waals surface area contributed by atoms with E-state index in [1.54, 1.807) is 0 Å². The van der Waals surface area contributed by atoms with E-state index in [9.17, 15) is 0 Å². The Kier molecular flexibility index (Phi) is 11.5. The van der Waals surface area contributed by atoms with Gasteiger partial charge in [0.1, 0.15) is 5.82 Å². The van der Waals surface area contributed by atoms with E-state index in [4.69, 9.17) is 4.98 Å². The van der Waals surface area contributed by atoms with Gasteiger partial charge in [0.05, 0.1) is 22.1 Å². The lowest BCUT2D eigenvalue weighted by atomic mass is 9.95. The quantitative estimate of drug-likeness (QED) is 0.0937. The summed E-state index contributed by atoms with van der Waals surface area (Å²) in [7, 11) is -2.71. The molecule has 80 heavy (non-hydrogen) atoms. The average Bonchev–Trinajstić information content (AvgIpc) is 4.36. The number of rotatable bonds is 11. The van der Waals surface area contributed by atoms with E-state index < -0.39 is 8.07 Å². The van der Waals surface area contributed by atoms with Crippen LogP contribution in [0.4, 0.5) is 0 Å². The molecule has 0 radical (unpaired) electrons. The van der Waals surface area contributed by atoms with Crippen molar-refractivity contribution in [3.05, 3.63) is 316 Å². The Balaban J connectivity index is 0.811. The third kappa shape index (κ3) is 7.86. The van der Waals surface area contributed by atoms with Gasteiger partial charge in [0, 0.05) is 56.6 Å². The zero-order valence-electron chi connectivity index (χ0n) is 43.8. The van der Waals surface area contributed by atoms with Crippen molar-refractivity contribution in [2.45, 2.75) is 0 Å². The minimum absolute atomic E-state index is 0.890. The van der Waals surface area contributed by atoms with Crippen molar-refractivity contribution in [3.63, 3.8) is 0 Å². The van der Waals surface area contributed by atoms with Crippen molar-refractivity contribution in [3.8, 4) is 61.8 Å². The number of imidazole rings is 1. The molecule has 0 N–H and O–H groups in total. The first-order chi connectivity index (χ1) is 39.7. The molecule has 0 saturated carbocycles. The molecule has 3 heterocycles. The van der Waals surface area contributed by atoms with Gasteiger partial charge >= 0.3 is 0 Å². The molecule has 15 rings (SSSR count). The summed E-state index contributed by atoms with van der Waals surface area (Å²) in [5, 5.41) is 10.2. The van der Waals surface area contributed by atoms with Gasteiger partial charge in [-0.25, -0.2) is 4.98 Å². The van der Waals surface area contributed by atoms with Crippen LogP contribution in [0.25, 0.3) is 105 Å². The van der Waals surface area contributed by atoms with E-state index in [1.807, 2.05) is 6.20 Å². The van der Waals surface area contributed by atoms with E-state index in [0.717, 1.165) is 50.6 Å². The minimum atomic E-state index is -2.71. The molecule has 376 valence electrons. The lowest BCUT2D eigenvalue weighted by Gasteiger charge is -2.34. The van der Waals surface area contributed by atoms with Gasteiger partial charge in [-0.2, -0.15) is 0 Å². The van der Waals surface area contributed by atoms with Crippen LogP contribution >= 0.6 is 0 Å². The number of hydrogen-bond acceptors (Lipinski definition) is 1. The molecule has 0 atom stereocenters. The van der Waals surface area contributed by atoms with Crippen LogP contribution in [0, 0.1) is 0 Å². The van der Waals surface area contributed by atoms with Gasteiger partial charge in [0.2, 0.25) is 0 Å². The Morgan fingerprint density at radius 1 is 0.250 bits per heavy atom. The highest BCUT2D eigenvalue weighted by Crippen LogP contribution is 2.39. The highest BCUT2D eigenvalue weighted by atomic mass is 28.3. The lowest BCUT2D eigenvalue weighted by molar-refractivity contribution is 1.07. The molecule has 0 fully saturated rings. The SMILES string of the molecule is c1ccc(-n2c3ccc(-c4cccc(-c5cccc(-c6cccc([Si](c7ccccc7)(c7ccccc7)c7ccccc7)c6)c5)c4)cc3c3cc(-c4nccn4-c4ccc5c(c4)c4ccccc4n5-c4ccccc4)ccc32)cc1. The van der Waals surface area contributed by atoms with Crippen LogP contribution in [-0.2, 0) is 0 Å². The zero-order chi connectivity index (χ0) is 53.0. The summed E-state index contributed by atoms with van der Waals surface area (Å²) in [6.07, 6.45) is 4.00. The first kappa shape index (κ1) is 46.9. The second-order valence-corrected chi connectivity index (χ2v) is 24.5. The summed E-state index contributed by atoms with van der Waals surface area (Å²) in [6, 6.07) is 111. The molecule has 3 aromatic heterocycles. The molecule has 0 amide bonds. The molecule has 5 heteroatoms. The third-order valence-corrected chi connectivity index (χ3v) is 21.0. The molecular formula is C75H52N4Si. The lowest BCUT2D eigenvalue weighted by Crippen LogP contribution is -2.74. The first-order valence-electron chi connectivity index (χ1n) is 27.4. The number of para-hydroxylation sites is 3. The Morgan fingerprint density at radius 2 is 0.637 bits per heavy atom. The maximum atomic E-state index is 5.04. The molecule has 0 saturated heterocycles. The number of nitrogens with zero attached hydrogens (tertiary/aromatic N) is 4. The molecule has 0 aliphatic carbocycles. The fourth-order valence-corrected chi connectivity index (χ4v) is 17.4. The Bertz CT molecular complexity index is 4650. The molecule has 0 aliphatic rings. The summed E-state index contributed by atoms with van der Waals surface area (Å²) in [6.45, 7) is 0. The number of fused-ring (bicyclic) bond motifs is 6. The van der Waals surface area contributed by atoms with Gasteiger partial charge in [-0.15, -0.1) is 0 Å². The topological polar surface area (TPSA) is 27.7 Å². The van der Waals surface area contributed by atoms with E-state index in [-0.39, 0.29) is 0 Å². The van der Waals surface area contributed by atoms with E-state index in [1.165, 1.54) is 75.6 Å². The van der Waals surface area contributed by atoms with Crippen LogP contribution in [0.15, 0.2) is 316 Å². The molecule has 0 aliphatic heterocycles. The summed E-state index contributed by atoms with van der Waals surface area (Å²) in [5.41, 5.74) is 16.1. The van der Waals surface area contributed by atoms with E-state index >= 15 is 0 Å². The summed E-state index contributed by atoms with van der Waals surface area (Å²) < 4.78 is 6.98. The molecule has 0 unspecified atom stereocenters. The van der Waals surface area contributed by atoms with Crippen molar-refractivity contribution >= 4 is 72.4 Å². The van der Waals surface area contributed by atoms with Crippen molar-refractivity contribution in [2.75, 3.05) is 0 Å². The highest BCUT2D eigenvalue weighted by molar-refractivity contribution is 7.19. The van der Waals surface area contributed by atoms with Gasteiger partial charge < -0.3 is 9.13 Å². The van der Waals surface area contributed by atoms with Gasteiger partial charge in [-0.3, -0.25) is 4.57 Å². The Labute approximate surface area is 466 Å². The number of benzene rings is 12. The average molecular weight is 1040 g/mol.